The van der Waals surface area contributed by atoms with E-state index in [1.54, 1.807) is 21.0 Å². The van der Waals surface area contributed by atoms with Crippen LogP contribution in [-0.4, -0.2) is 44.5 Å². The van der Waals surface area contributed by atoms with Crippen LogP contribution >= 0.6 is 40.0 Å². The maximum atomic E-state index is 13.2. The molecule has 10 heteroatoms. The van der Waals surface area contributed by atoms with Crippen molar-refractivity contribution in [3.63, 3.8) is 0 Å². The fourth-order valence-corrected chi connectivity index (χ4v) is 7.69. The van der Waals surface area contributed by atoms with E-state index in [2.05, 4.69) is 60.7 Å². The van der Waals surface area contributed by atoms with Crippen LogP contribution in [0.15, 0.2) is 0 Å². The van der Waals surface area contributed by atoms with Gasteiger partial charge in [0.05, 0.1) is 30.5 Å². The summed E-state index contributed by atoms with van der Waals surface area (Å²) in [5.41, 5.74) is -1.15. The summed E-state index contributed by atoms with van der Waals surface area (Å²) in [5, 5.41) is 0. The molecule has 4 rings (SSSR count). The number of rotatable bonds is 5. The molecule has 45 heavy (non-hydrogen) atoms. The Balaban J connectivity index is -0.000000210. The molecule has 0 amide bonds. The summed E-state index contributed by atoms with van der Waals surface area (Å²) in [4.78, 5) is 38.7. The van der Waals surface area contributed by atoms with Gasteiger partial charge in [-0.2, -0.15) is 0 Å². The third kappa shape index (κ3) is 12.1. The summed E-state index contributed by atoms with van der Waals surface area (Å²) < 4.78 is 22.2. The Kier molecular flexibility index (Phi) is 35.8. The number of hydrogen-bond donors (Lipinski definition) is 0. The molecule has 0 aromatic rings. The van der Waals surface area contributed by atoms with Crippen LogP contribution in [0.25, 0.3) is 0 Å². The van der Waals surface area contributed by atoms with Gasteiger partial charge in [-0.1, -0.05) is 94.0 Å². The number of fused-ring (bicyclic) bond motifs is 2. The van der Waals surface area contributed by atoms with E-state index in [-0.39, 0.29) is 89.6 Å². The average Bonchev–Trinajstić information content (AvgIpc) is 3.49. The van der Waals surface area contributed by atoms with Crippen molar-refractivity contribution in [1.82, 2.24) is 0 Å². The average molecular weight is 914 g/mol. The molecule has 11 unspecified atom stereocenters. The third-order valence-corrected chi connectivity index (χ3v) is 9.52. The summed E-state index contributed by atoms with van der Waals surface area (Å²) in [6.07, 6.45) is 2.58. The summed E-state index contributed by atoms with van der Waals surface area (Å²) >= 11 is 4.74. The van der Waals surface area contributed by atoms with Crippen molar-refractivity contribution < 1.29 is 42.8 Å². The summed E-state index contributed by atoms with van der Waals surface area (Å²) in [7, 11) is 3.61. The zero-order valence-electron chi connectivity index (χ0n) is 23.5. The SMILES string of the molecule is C.C.C.C.C.C.C.C.CC.COC(=O)C(C)(C)C1C(=O)OC(=O)C1C1C2CC(C(C)C2C)C1C1OC(OC)CCC1C.[I][V][I]. The molecule has 277 valence electrons. The molecule has 2 heterocycles. The molecule has 0 aromatic carbocycles. The van der Waals surface area contributed by atoms with Crippen LogP contribution < -0.4 is 0 Å². The van der Waals surface area contributed by atoms with Gasteiger partial charge in [-0.3, -0.25) is 14.4 Å². The van der Waals surface area contributed by atoms with Crippen molar-refractivity contribution >= 4 is 57.9 Å². The molecule has 11 atom stereocenters. The molecule has 2 saturated carbocycles. The first kappa shape index (κ1) is 60.9. The van der Waals surface area contributed by atoms with Crippen LogP contribution in [0.1, 0.15) is 127 Å². The number of hydrogen-bond acceptors (Lipinski definition) is 7. The van der Waals surface area contributed by atoms with Gasteiger partial charge in [0, 0.05) is 7.11 Å². The number of methoxy groups -OCH3 is 2. The summed E-state index contributed by atoms with van der Waals surface area (Å²) in [6, 6.07) is 0. The normalized spacial score (nSPS) is 33.4. The predicted molar refractivity (Wildman–Crippen MR) is 208 cm³/mol. The quantitative estimate of drug-likeness (QED) is 0.154. The van der Waals surface area contributed by atoms with Crippen molar-refractivity contribution in [2.75, 3.05) is 14.2 Å². The van der Waals surface area contributed by atoms with Gasteiger partial charge in [0.25, 0.3) is 0 Å². The van der Waals surface area contributed by atoms with Gasteiger partial charge in [-0.25, -0.2) is 0 Å². The minimum atomic E-state index is -1.15. The zero-order chi connectivity index (χ0) is 28.2. The van der Waals surface area contributed by atoms with E-state index < -0.39 is 35.2 Å². The molecule has 7 nitrogen and oxygen atoms in total. The minimum absolute atomic E-state index is 0. The van der Waals surface area contributed by atoms with Crippen molar-refractivity contribution in [2.24, 2.45) is 58.7 Å². The first-order valence-corrected chi connectivity index (χ1v) is 22.4. The number of ether oxygens (including phenoxy) is 4. The van der Waals surface area contributed by atoms with Crippen LogP contribution in [0, 0.1) is 58.7 Å². The van der Waals surface area contributed by atoms with Crippen LogP contribution in [0.2, 0.25) is 0 Å². The number of cyclic esters (lactones) is 2. The van der Waals surface area contributed by atoms with E-state index in [0.29, 0.717) is 33.1 Å². The van der Waals surface area contributed by atoms with Gasteiger partial charge >= 0.3 is 67.3 Å². The van der Waals surface area contributed by atoms with E-state index in [1.807, 2.05) is 13.8 Å². The van der Waals surface area contributed by atoms with Crippen molar-refractivity contribution in [1.29, 1.82) is 0 Å². The Morgan fingerprint density at radius 1 is 0.822 bits per heavy atom. The van der Waals surface area contributed by atoms with Gasteiger partial charge in [-0.05, 0) is 74.5 Å². The first-order chi connectivity index (χ1) is 17.5. The van der Waals surface area contributed by atoms with Gasteiger partial charge in [-0.15, -0.1) is 0 Å². The molecule has 2 aliphatic heterocycles. The predicted octanol–water partition coefficient (Wildman–Crippen LogP) is 11.3. The maximum absolute atomic E-state index is 13.2. The van der Waals surface area contributed by atoms with E-state index in [1.165, 1.54) is 7.11 Å². The number of halogens is 2. The van der Waals surface area contributed by atoms with Crippen LogP contribution in [0.3, 0.4) is 0 Å². The second kappa shape index (κ2) is 26.4. The fraction of sp³-hybridized carbons (Fsp3) is 0.914. The molecule has 2 aliphatic carbocycles. The Labute approximate surface area is 310 Å². The van der Waals surface area contributed by atoms with Crippen LogP contribution in [-0.2, 0) is 42.8 Å². The summed E-state index contributed by atoms with van der Waals surface area (Å²) in [6.45, 7) is 14.1. The Hall–Kier alpha value is 0.574. The van der Waals surface area contributed by atoms with Gasteiger partial charge in [0.1, 0.15) is 0 Å². The van der Waals surface area contributed by atoms with Crippen molar-refractivity contribution in [2.45, 2.75) is 140 Å². The topological polar surface area (TPSA) is 88.1 Å². The molecule has 4 fully saturated rings. The standard InChI is InChI=1S/C25H38O7.C2H6.8CH4.2HI.V/c1-11-8-9-16(29-6)31-21(11)18-15-10-14(12(2)13(15)3)17(18)19-20(23(27)32-22(19)26)25(4,5)24(28)30-7;1-2;;;;;;;;;;;/h11-21H,8-10H2,1-7H3;1-2H3;8*1H4;2*1H;/q;;;;;;;;;;;;+2/p-2. The van der Waals surface area contributed by atoms with Gasteiger partial charge in [0.2, 0.25) is 0 Å². The molecule has 2 bridgehead atoms. The van der Waals surface area contributed by atoms with Gasteiger partial charge < -0.3 is 18.9 Å². The van der Waals surface area contributed by atoms with E-state index in [9.17, 15) is 14.4 Å². The van der Waals surface area contributed by atoms with E-state index in [0.717, 1.165) is 19.3 Å². The Morgan fingerprint density at radius 3 is 1.69 bits per heavy atom. The van der Waals surface area contributed by atoms with Crippen molar-refractivity contribution in [3.05, 3.63) is 0 Å². The fourth-order valence-electron chi connectivity index (χ4n) is 7.69. The molecular weight excluding hydrogens is 837 g/mol. The molecule has 0 N–H and O–H groups in total. The molecule has 2 saturated heterocycles. The Bertz CT molecular complexity index is 813. The molecule has 0 spiro atoms. The number of carbonyl (C=O) groups is 3. The monoisotopic (exact) mass is 913 g/mol. The molecule has 4 aliphatic rings. The summed E-state index contributed by atoms with van der Waals surface area (Å²) in [5.74, 6) is -1.08. The van der Waals surface area contributed by atoms with E-state index >= 15 is 0 Å². The molecular formula is C35H76I2O7V. The Morgan fingerprint density at radius 2 is 1.27 bits per heavy atom. The van der Waals surface area contributed by atoms with Crippen LogP contribution in [0.5, 0.6) is 0 Å². The molecule has 0 aromatic heterocycles. The second-order valence-electron chi connectivity index (χ2n) is 11.3. The first-order valence-electron chi connectivity index (χ1n) is 13.4. The van der Waals surface area contributed by atoms with E-state index in [4.69, 9.17) is 18.9 Å². The number of carbonyl (C=O) groups excluding carboxylic acids is 3. The van der Waals surface area contributed by atoms with Crippen molar-refractivity contribution in [3.8, 4) is 0 Å². The second-order valence-corrected chi connectivity index (χ2v) is 23.1. The third-order valence-electron chi connectivity index (χ3n) is 9.52. The molecule has 0 radical (unpaired) electrons. The zero-order valence-corrected chi connectivity index (χ0v) is 29.2. The van der Waals surface area contributed by atoms with Gasteiger partial charge in [0.15, 0.2) is 6.29 Å². The van der Waals surface area contributed by atoms with Crippen LogP contribution in [0.4, 0.5) is 0 Å². The number of esters is 3.